The average molecular weight is 796 g/mol. The summed E-state index contributed by atoms with van der Waals surface area (Å²) in [5.74, 6) is 2.18. The number of hydrogen-bond acceptors (Lipinski definition) is 3. The molecule has 0 N–H and O–H groups in total. The second-order valence-electron chi connectivity index (χ2n) is 19.6. The van der Waals surface area contributed by atoms with E-state index in [0.29, 0.717) is 35.7 Å². The smallest absolute Gasteiger partial charge is 0.132 e. The number of nitrogens with zero attached hydrogens (tertiary/aromatic N) is 1. The van der Waals surface area contributed by atoms with Gasteiger partial charge >= 0.3 is 0 Å². The standard InChI is InChI=1S/C54H101NO2/c1-8-11-14-17-18-19-20-21-24-25-35-51(47-49(5)54(6)43-45-55(7)46-44-54)36-31-29-33-48(4)32-28-30-34-50(39-41-52(56)37-26-22-15-12-9-2)40-42-53(57)38-27-23-16-13-10-3/h50-51H,4-5,8-47H2,1-3,6-7H3. The van der Waals surface area contributed by atoms with Gasteiger partial charge in [0, 0.05) is 25.7 Å². The lowest BCUT2D eigenvalue weighted by Crippen LogP contribution is -2.37. The molecule has 0 aliphatic carbocycles. The molecule has 1 aliphatic heterocycles. The first-order chi connectivity index (χ1) is 27.6. The van der Waals surface area contributed by atoms with E-state index in [2.05, 4.69) is 46.2 Å². The van der Waals surface area contributed by atoms with Crippen LogP contribution in [0, 0.1) is 17.3 Å². The second kappa shape index (κ2) is 36.6. The number of ketones is 2. The van der Waals surface area contributed by atoms with Gasteiger partial charge in [0.2, 0.25) is 0 Å². The van der Waals surface area contributed by atoms with E-state index in [-0.39, 0.29) is 0 Å². The zero-order valence-electron chi connectivity index (χ0n) is 39.6. The molecular formula is C54H101NO2. The van der Waals surface area contributed by atoms with Crippen LogP contribution in [0.15, 0.2) is 24.3 Å². The van der Waals surface area contributed by atoms with Crippen LogP contribution in [0.2, 0.25) is 0 Å². The van der Waals surface area contributed by atoms with Crippen molar-refractivity contribution < 1.29 is 9.59 Å². The van der Waals surface area contributed by atoms with Crippen molar-refractivity contribution in [3.8, 4) is 0 Å². The Morgan fingerprint density at radius 2 is 0.825 bits per heavy atom. The van der Waals surface area contributed by atoms with Gasteiger partial charge in [-0.2, -0.15) is 0 Å². The predicted molar refractivity (Wildman–Crippen MR) is 253 cm³/mol. The number of piperidine rings is 1. The normalized spacial score (nSPS) is 15.0. The van der Waals surface area contributed by atoms with E-state index in [9.17, 15) is 9.59 Å². The lowest BCUT2D eigenvalue weighted by Gasteiger charge is -2.40. The van der Waals surface area contributed by atoms with Gasteiger partial charge in [0.15, 0.2) is 0 Å². The Kier molecular flexibility index (Phi) is 34.6. The Morgan fingerprint density at radius 3 is 1.26 bits per heavy atom. The quantitative estimate of drug-likeness (QED) is 0.0456. The first-order valence-corrected chi connectivity index (χ1v) is 25.7. The molecule has 1 saturated heterocycles. The number of carbonyl (C=O) groups excluding carboxylic acids is 2. The van der Waals surface area contributed by atoms with Crippen molar-refractivity contribution in [3.05, 3.63) is 24.3 Å². The topological polar surface area (TPSA) is 37.4 Å². The van der Waals surface area contributed by atoms with Crippen LogP contribution in [0.3, 0.4) is 0 Å². The number of hydrogen-bond donors (Lipinski definition) is 0. The van der Waals surface area contributed by atoms with Gasteiger partial charge in [0.1, 0.15) is 11.6 Å². The average Bonchev–Trinajstić information content (AvgIpc) is 3.20. The number of carbonyl (C=O) groups is 2. The minimum absolute atomic E-state index is 0.322. The van der Waals surface area contributed by atoms with Gasteiger partial charge in [-0.05, 0) is 108 Å². The summed E-state index contributed by atoms with van der Waals surface area (Å²) in [6, 6.07) is 0. The van der Waals surface area contributed by atoms with Crippen LogP contribution < -0.4 is 0 Å². The summed E-state index contributed by atoms with van der Waals surface area (Å²) >= 11 is 0. The third-order valence-corrected chi connectivity index (χ3v) is 14.0. The maximum Gasteiger partial charge on any atom is 0.132 e. The fourth-order valence-electron chi connectivity index (χ4n) is 9.34. The first-order valence-electron chi connectivity index (χ1n) is 25.7. The lowest BCUT2D eigenvalue weighted by molar-refractivity contribution is -0.119. The van der Waals surface area contributed by atoms with Crippen molar-refractivity contribution in [1.82, 2.24) is 4.90 Å². The molecule has 0 radical (unpaired) electrons. The molecule has 0 aromatic heterocycles. The van der Waals surface area contributed by atoms with E-state index in [1.807, 2.05) is 0 Å². The van der Waals surface area contributed by atoms with Crippen molar-refractivity contribution in [3.63, 3.8) is 0 Å². The van der Waals surface area contributed by atoms with Gasteiger partial charge in [-0.15, -0.1) is 0 Å². The molecule has 0 aromatic rings. The Hall–Kier alpha value is -1.22. The molecule has 0 aromatic carbocycles. The number of rotatable bonds is 42. The van der Waals surface area contributed by atoms with Crippen LogP contribution in [-0.2, 0) is 9.59 Å². The van der Waals surface area contributed by atoms with Gasteiger partial charge < -0.3 is 4.90 Å². The molecule has 57 heavy (non-hydrogen) atoms. The van der Waals surface area contributed by atoms with E-state index in [0.717, 1.165) is 57.3 Å². The molecule has 1 fully saturated rings. The molecule has 1 rings (SSSR count). The highest BCUT2D eigenvalue weighted by molar-refractivity contribution is 5.78. The number of allylic oxidation sites excluding steroid dienone is 2. The van der Waals surface area contributed by atoms with Crippen molar-refractivity contribution in [2.75, 3.05) is 20.1 Å². The fraction of sp³-hybridized carbons (Fsp3) is 0.889. The third-order valence-electron chi connectivity index (χ3n) is 14.0. The lowest BCUT2D eigenvalue weighted by atomic mass is 9.71. The highest BCUT2D eigenvalue weighted by atomic mass is 16.1. The molecule has 0 amide bonds. The highest BCUT2D eigenvalue weighted by Gasteiger charge is 2.32. The second-order valence-corrected chi connectivity index (χ2v) is 19.6. The van der Waals surface area contributed by atoms with Crippen LogP contribution in [0.5, 0.6) is 0 Å². The third kappa shape index (κ3) is 30.5. The summed E-state index contributed by atoms with van der Waals surface area (Å²) in [7, 11) is 2.27. The van der Waals surface area contributed by atoms with E-state index in [1.165, 1.54) is 204 Å². The van der Waals surface area contributed by atoms with E-state index in [4.69, 9.17) is 6.58 Å². The molecule has 1 atom stereocenters. The summed E-state index contributed by atoms with van der Waals surface area (Å²) < 4.78 is 0. The van der Waals surface area contributed by atoms with Crippen LogP contribution >= 0.6 is 0 Å². The number of unbranched alkanes of at least 4 members (excludes halogenated alkanes) is 19. The van der Waals surface area contributed by atoms with Crippen LogP contribution in [-0.4, -0.2) is 36.6 Å². The Balaban J connectivity index is 2.49. The summed E-state index contributed by atoms with van der Waals surface area (Å²) in [6.07, 6.45) is 45.9. The zero-order chi connectivity index (χ0) is 41.8. The first kappa shape index (κ1) is 53.8. The van der Waals surface area contributed by atoms with Crippen LogP contribution in [0.25, 0.3) is 0 Å². The van der Waals surface area contributed by atoms with Crippen molar-refractivity contribution in [2.24, 2.45) is 17.3 Å². The SMILES string of the molecule is C=C(CCCCC(CCC(=O)CCCCCCC)CCC(=O)CCCCCCC)CCCCC(CCCCCCCCCCCC)CC(=C)C1(C)CCN(C)CC1. The molecule has 0 bridgehead atoms. The molecule has 1 unspecified atom stereocenters. The number of Topliss-reactive ketones (excluding diaryl/α,β-unsaturated/α-hetero) is 2. The van der Waals surface area contributed by atoms with E-state index in [1.54, 1.807) is 0 Å². The predicted octanol–water partition coefficient (Wildman–Crippen LogP) is 17.3. The maximum atomic E-state index is 12.7. The van der Waals surface area contributed by atoms with Crippen LogP contribution in [0.4, 0.5) is 0 Å². The summed E-state index contributed by atoms with van der Waals surface area (Å²) in [5, 5.41) is 0. The summed E-state index contributed by atoms with van der Waals surface area (Å²) in [4.78, 5) is 28.0. The number of likely N-dealkylation sites (tertiary alicyclic amines) is 1. The van der Waals surface area contributed by atoms with Crippen molar-refractivity contribution >= 4 is 11.6 Å². The van der Waals surface area contributed by atoms with Crippen molar-refractivity contribution in [2.45, 2.75) is 272 Å². The minimum Gasteiger partial charge on any atom is -0.306 e. The monoisotopic (exact) mass is 796 g/mol. The Bertz CT molecular complexity index is 960. The zero-order valence-corrected chi connectivity index (χ0v) is 39.6. The van der Waals surface area contributed by atoms with Gasteiger partial charge in [-0.25, -0.2) is 0 Å². The fourth-order valence-corrected chi connectivity index (χ4v) is 9.34. The molecule has 0 spiro atoms. The van der Waals surface area contributed by atoms with Gasteiger partial charge in [-0.3, -0.25) is 9.59 Å². The maximum absolute atomic E-state index is 12.7. The Morgan fingerprint density at radius 1 is 0.474 bits per heavy atom. The van der Waals surface area contributed by atoms with Crippen molar-refractivity contribution in [1.29, 1.82) is 0 Å². The molecule has 3 nitrogen and oxygen atoms in total. The highest BCUT2D eigenvalue weighted by Crippen LogP contribution is 2.41. The molecule has 1 heterocycles. The Labute approximate surface area is 358 Å². The molecule has 3 heteroatoms. The summed E-state index contributed by atoms with van der Waals surface area (Å²) in [6.45, 7) is 21.0. The van der Waals surface area contributed by atoms with Crippen LogP contribution in [0.1, 0.15) is 272 Å². The van der Waals surface area contributed by atoms with Gasteiger partial charge in [-0.1, -0.05) is 200 Å². The summed E-state index contributed by atoms with van der Waals surface area (Å²) in [5.41, 5.74) is 3.29. The molecule has 334 valence electrons. The largest absolute Gasteiger partial charge is 0.306 e. The minimum atomic E-state index is 0.322. The molecule has 0 saturated carbocycles. The van der Waals surface area contributed by atoms with Gasteiger partial charge in [0.05, 0.1) is 0 Å². The van der Waals surface area contributed by atoms with Gasteiger partial charge in [0.25, 0.3) is 0 Å². The molecular weight excluding hydrogens is 695 g/mol. The van der Waals surface area contributed by atoms with E-state index < -0.39 is 0 Å². The molecule has 1 aliphatic rings. The van der Waals surface area contributed by atoms with E-state index >= 15 is 0 Å².